The van der Waals surface area contributed by atoms with E-state index < -0.39 is 0 Å². The van der Waals surface area contributed by atoms with Gasteiger partial charge in [-0.15, -0.1) is 0 Å². The molecule has 2 heterocycles. The highest BCUT2D eigenvalue weighted by molar-refractivity contribution is 5.63. The molecule has 1 fully saturated rings. The topological polar surface area (TPSA) is 59.5 Å². The summed E-state index contributed by atoms with van der Waals surface area (Å²) in [4.78, 5) is 11.4. The van der Waals surface area contributed by atoms with E-state index >= 15 is 0 Å². The molecule has 4 rings (SSSR count). The van der Waals surface area contributed by atoms with Gasteiger partial charge in [0.1, 0.15) is 5.75 Å². The minimum absolute atomic E-state index is 0.533. The van der Waals surface area contributed by atoms with E-state index in [2.05, 4.69) is 44.5 Å². The number of nitrogens with one attached hydrogen (secondary N) is 1. The lowest BCUT2D eigenvalue weighted by Gasteiger charge is -2.23. The number of anilines is 2. The fourth-order valence-electron chi connectivity index (χ4n) is 3.87. The van der Waals surface area contributed by atoms with Gasteiger partial charge in [0.15, 0.2) is 0 Å². The largest absolute Gasteiger partial charge is 0.497 e. The Morgan fingerprint density at radius 1 is 0.967 bits per heavy atom. The van der Waals surface area contributed by atoms with Crippen LogP contribution in [0.25, 0.3) is 11.1 Å². The molecule has 0 saturated carbocycles. The highest BCUT2D eigenvalue weighted by atomic mass is 16.5. The molecule has 1 aliphatic rings. The molecule has 1 aliphatic heterocycles. The number of ether oxygens (including phenoxy) is 2. The van der Waals surface area contributed by atoms with E-state index in [9.17, 15) is 0 Å². The van der Waals surface area contributed by atoms with E-state index in [0.717, 1.165) is 42.3 Å². The Balaban J connectivity index is 1.36. The maximum Gasteiger partial charge on any atom is 0.227 e. The van der Waals surface area contributed by atoms with Crippen LogP contribution in [-0.4, -0.2) is 48.3 Å². The molecule has 1 aromatic heterocycles. The molecule has 3 aromatic rings. The van der Waals surface area contributed by atoms with Crippen molar-refractivity contribution in [3.8, 4) is 16.9 Å². The van der Waals surface area contributed by atoms with E-state index in [-0.39, 0.29) is 0 Å². The molecule has 1 N–H and O–H groups in total. The molecule has 0 bridgehead atoms. The third-order valence-corrected chi connectivity index (χ3v) is 5.53. The summed E-state index contributed by atoms with van der Waals surface area (Å²) < 4.78 is 10.6. The van der Waals surface area contributed by atoms with Gasteiger partial charge >= 0.3 is 0 Å². The minimum Gasteiger partial charge on any atom is -0.497 e. The Bertz CT molecular complexity index is 927. The number of rotatable bonds is 8. The predicted molar refractivity (Wildman–Crippen MR) is 119 cm³/mol. The van der Waals surface area contributed by atoms with Crippen LogP contribution in [0.5, 0.6) is 5.75 Å². The molecule has 1 saturated heterocycles. The Morgan fingerprint density at radius 3 is 2.37 bits per heavy atom. The van der Waals surface area contributed by atoms with Crippen LogP contribution in [0.3, 0.4) is 0 Å². The van der Waals surface area contributed by atoms with Crippen molar-refractivity contribution < 1.29 is 9.47 Å². The Kier molecular flexibility index (Phi) is 6.57. The van der Waals surface area contributed by atoms with Gasteiger partial charge < -0.3 is 14.8 Å². The summed E-state index contributed by atoms with van der Waals surface area (Å²) in [5.41, 5.74) is 4.31. The van der Waals surface area contributed by atoms with Gasteiger partial charge in [-0.3, -0.25) is 4.90 Å². The zero-order chi connectivity index (χ0) is 20.8. The molecule has 6 nitrogen and oxygen atoms in total. The van der Waals surface area contributed by atoms with Gasteiger partial charge in [0.25, 0.3) is 0 Å². The van der Waals surface area contributed by atoms with Crippen molar-refractivity contribution in [2.75, 3.05) is 32.7 Å². The van der Waals surface area contributed by atoms with E-state index in [0.29, 0.717) is 12.0 Å². The van der Waals surface area contributed by atoms with E-state index in [1.54, 1.807) is 14.2 Å². The van der Waals surface area contributed by atoms with Crippen LogP contribution >= 0.6 is 0 Å². The van der Waals surface area contributed by atoms with Crippen LogP contribution in [0.2, 0.25) is 0 Å². The summed E-state index contributed by atoms with van der Waals surface area (Å²) in [5, 5.41) is 3.27. The van der Waals surface area contributed by atoms with Crippen LogP contribution in [-0.2, 0) is 11.3 Å². The van der Waals surface area contributed by atoms with Crippen molar-refractivity contribution in [1.82, 2.24) is 14.9 Å². The molecular formula is C24H28N4O2. The highest BCUT2D eigenvalue weighted by Crippen LogP contribution is 2.23. The molecule has 0 amide bonds. The summed E-state index contributed by atoms with van der Waals surface area (Å²) in [6.45, 7) is 2.91. The molecular weight excluding hydrogens is 376 g/mol. The van der Waals surface area contributed by atoms with Gasteiger partial charge in [0.2, 0.25) is 5.95 Å². The standard InChI is InChI=1S/C24H28N4O2/c1-29-17-22-4-3-13-28(22)16-18-5-9-21(10-6-18)27-24-25-14-20(15-26-24)19-7-11-23(30-2)12-8-19/h5-12,14-15,22H,3-4,13,16-17H2,1-2H3,(H,25,26,27)/t22-/m1/s1. The van der Waals surface area contributed by atoms with Crippen molar-refractivity contribution in [2.24, 2.45) is 0 Å². The van der Waals surface area contributed by atoms with Crippen LogP contribution in [0, 0.1) is 0 Å². The second-order valence-electron chi connectivity index (χ2n) is 7.57. The normalized spacial score (nSPS) is 16.5. The molecule has 2 aromatic carbocycles. The number of hydrogen-bond acceptors (Lipinski definition) is 6. The van der Waals surface area contributed by atoms with Gasteiger partial charge in [-0.1, -0.05) is 24.3 Å². The van der Waals surface area contributed by atoms with Crippen molar-refractivity contribution in [2.45, 2.75) is 25.4 Å². The number of aromatic nitrogens is 2. The highest BCUT2D eigenvalue weighted by Gasteiger charge is 2.24. The minimum atomic E-state index is 0.533. The van der Waals surface area contributed by atoms with Gasteiger partial charge in [-0.2, -0.15) is 0 Å². The SMILES string of the molecule is COC[C@H]1CCCN1Cc1ccc(Nc2ncc(-c3ccc(OC)cc3)cn2)cc1. The number of methoxy groups -OCH3 is 2. The van der Waals surface area contributed by atoms with Crippen LogP contribution < -0.4 is 10.1 Å². The number of benzene rings is 2. The number of hydrogen-bond donors (Lipinski definition) is 1. The van der Waals surface area contributed by atoms with Gasteiger partial charge in [0, 0.05) is 43.3 Å². The third-order valence-electron chi connectivity index (χ3n) is 5.53. The van der Waals surface area contributed by atoms with E-state index in [1.807, 2.05) is 36.7 Å². The van der Waals surface area contributed by atoms with Crippen molar-refractivity contribution in [3.05, 3.63) is 66.5 Å². The maximum atomic E-state index is 5.36. The lowest BCUT2D eigenvalue weighted by molar-refractivity contribution is 0.112. The van der Waals surface area contributed by atoms with Gasteiger partial charge in [-0.25, -0.2) is 9.97 Å². The quantitative estimate of drug-likeness (QED) is 0.596. The molecule has 6 heteroatoms. The monoisotopic (exact) mass is 404 g/mol. The summed E-state index contributed by atoms with van der Waals surface area (Å²) in [7, 11) is 3.44. The van der Waals surface area contributed by atoms with Gasteiger partial charge in [0.05, 0.1) is 13.7 Å². The molecule has 1 atom stereocenters. The van der Waals surface area contributed by atoms with E-state index in [4.69, 9.17) is 9.47 Å². The van der Waals surface area contributed by atoms with Crippen molar-refractivity contribution in [1.29, 1.82) is 0 Å². The molecule has 0 radical (unpaired) electrons. The first kappa shape index (κ1) is 20.3. The summed E-state index contributed by atoms with van der Waals surface area (Å²) >= 11 is 0. The molecule has 0 aliphatic carbocycles. The average molecular weight is 405 g/mol. The fourth-order valence-corrected chi connectivity index (χ4v) is 3.87. The van der Waals surface area contributed by atoms with Crippen molar-refractivity contribution in [3.63, 3.8) is 0 Å². The number of nitrogens with zero attached hydrogens (tertiary/aromatic N) is 3. The fraction of sp³-hybridized carbons (Fsp3) is 0.333. The lowest BCUT2D eigenvalue weighted by Crippen LogP contribution is -2.32. The first-order chi connectivity index (χ1) is 14.7. The third kappa shape index (κ3) is 4.96. The zero-order valence-corrected chi connectivity index (χ0v) is 17.5. The van der Waals surface area contributed by atoms with E-state index in [1.165, 1.54) is 18.4 Å². The van der Waals surface area contributed by atoms with Crippen LogP contribution in [0.15, 0.2) is 60.9 Å². The lowest BCUT2D eigenvalue weighted by atomic mass is 10.1. The Labute approximate surface area is 177 Å². The van der Waals surface area contributed by atoms with Crippen molar-refractivity contribution >= 4 is 11.6 Å². The molecule has 0 spiro atoms. The molecule has 30 heavy (non-hydrogen) atoms. The summed E-state index contributed by atoms with van der Waals surface area (Å²) in [5.74, 6) is 1.42. The van der Waals surface area contributed by atoms with Crippen LogP contribution in [0.4, 0.5) is 11.6 Å². The van der Waals surface area contributed by atoms with Crippen LogP contribution in [0.1, 0.15) is 18.4 Å². The zero-order valence-electron chi connectivity index (χ0n) is 17.5. The molecule has 0 unspecified atom stereocenters. The maximum absolute atomic E-state index is 5.36. The Hall–Kier alpha value is -2.96. The summed E-state index contributed by atoms with van der Waals surface area (Å²) in [6.07, 6.45) is 6.12. The second-order valence-corrected chi connectivity index (χ2v) is 7.57. The average Bonchev–Trinajstić information content (AvgIpc) is 3.23. The number of likely N-dealkylation sites (tertiary alicyclic amines) is 1. The second kappa shape index (κ2) is 9.69. The first-order valence-electron chi connectivity index (χ1n) is 10.3. The Morgan fingerprint density at radius 2 is 1.70 bits per heavy atom. The smallest absolute Gasteiger partial charge is 0.227 e. The predicted octanol–water partition coefficient (Wildman–Crippen LogP) is 4.51. The molecule has 156 valence electrons. The van der Waals surface area contributed by atoms with Gasteiger partial charge in [-0.05, 0) is 54.8 Å². The summed E-state index contributed by atoms with van der Waals surface area (Å²) in [6, 6.07) is 16.9. The first-order valence-corrected chi connectivity index (χ1v) is 10.3.